The zero-order valence-electron chi connectivity index (χ0n) is 21.6. The van der Waals surface area contributed by atoms with Crippen molar-refractivity contribution in [3.63, 3.8) is 0 Å². The van der Waals surface area contributed by atoms with E-state index in [9.17, 15) is 19.5 Å². The van der Waals surface area contributed by atoms with Gasteiger partial charge < -0.3 is 19.3 Å². The highest BCUT2D eigenvalue weighted by atomic mass is 16.7. The van der Waals surface area contributed by atoms with Crippen LogP contribution >= 0.6 is 0 Å². The number of carbonyl (C=O) groups is 3. The van der Waals surface area contributed by atoms with Crippen LogP contribution in [0.4, 0.5) is 0 Å². The van der Waals surface area contributed by atoms with Crippen LogP contribution in [0.1, 0.15) is 75.2 Å². The molecule has 0 atom stereocenters. The van der Waals surface area contributed by atoms with E-state index >= 15 is 0 Å². The first kappa shape index (κ1) is 26.3. The second kappa shape index (κ2) is 10.8. The van der Waals surface area contributed by atoms with Crippen LogP contribution in [0.25, 0.3) is 0 Å². The molecular weight excluding hydrogens is 488 g/mol. The SMILES string of the molecule is COCCOCOc1ccc(C(=O)N(N)C(=O)c2ccccc2C(=O)O)cc1C12CC3CC(CC(C3)C1)C2. The van der Waals surface area contributed by atoms with Crippen LogP contribution < -0.4 is 10.6 Å². The molecule has 4 aliphatic carbocycles. The minimum absolute atomic E-state index is 0.0590. The van der Waals surface area contributed by atoms with Crippen LogP contribution in [-0.2, 0) is 14.9 Å². The zero-order valence-corrected chi connectivity index (χ0v) is 21.6. The lowest BCUT2D eigenvalue weighted by atomic mass is 9.48. The fourth-order valence-electron chi connectivity index (χ4n) is 7.17. The van der Waals surface area contributed by atoms with E-state index in [0.717, 1.165) is 24.8 Å². The molecule has 4 fully saturated rings. The number of amides is 2. The Hall–Kier alpha value is -3.27. The lowest BCUT2D eigenvalue weighted by molar-refractivity contribution is -0.0189. The van der Waals surface area contributed by atoms with Crippen molar-refractivity contribution in [2.75, 3.05) is 27.1 Å². The Morgan fingerprint density at radius 3 is 2.18 bits per heavy atom. The van der Waals surface area contributed by atoms with Crippen LogP contribution in [0, 0.1) is 17.8 Å². The molecule has 0 spiro atoms. The predicted octanol–water partition coefficient (Wildman–Crippen LogP) is 4.01. The zero-order chi connectivity index (χ0) is 26.9. The van der Waals surface area contributed by atoms with E-state index in [4.69, 9.17) is 20.1 Å². The summed E-state index contributed by atoms with van der Waals surface area (Å²) in [5.41, 5.74) is 0.765. The minimum atomic E-state index is -1.27. The normalized spacial score (nSPS) is 25.3. The van der Waals surface area contributed by atoms with Gasteiger partial charge in [0.05, 0.1) is 24.3 Å². The van der Waals surface area contributed by atoms with Gasteiger partial charge >= 0.3 is 5.97 Å². The lowest BCUT2D eigenvalue weighted by Gasteiger charge is -2.57. The summed E-state index contributed by atoms with van der Waals surface area (Å²) in [5.74, 6) is 5.83. The molecule has 3 N–H and O–H groups in total. The van der Waals surface area contributed by atoms with Crippen molar-refractivity contribution >= 4 is 17.8 Å². The number of ether oxygens (including phenoxy) is 3. The average molecular weight is 523 g/mol. The first-order valence-electron chi connectivity index (χ1n) is 13.1. The van der Waals surface area contributed by atoms with Crippen molar-refractivity contribution in [3.8, 4) is 5.75 Å². The summed E-state index contributed by atoms with van der Waals surface area (Å²) in [4.78, 5) is 38.1. The maximum absolute atomic E-state index is 13.4. The fourth-order valence-corrected chi connectivity index (χ4v) is 7.17. The Bertz CT molecular complexity index is 1190. The molecule has 9 nitrogen and oxygen atoms in total. The highest BCUT2D eigenvalue weighted by Crippen LogP contribution is 2.62. The number of nitrogens with two attached hydrogens (primary N) is 1. The Kier molecular flexibility index (Phi) is 7.52. The number of rotatable bonds is 10. The largest absolute Gasteiger partial charge is 0.478 e. The Morgan fingerprint density at radius 1 is 0.947 bits per heavy atom. The van der Waals surface area contributed by atoms with Crippen molar-refractivity contribution < 1.29 is 33.7 Å². The second-order valence-electron chi connectivity index (χ2n) is 10.9. The maximum Gasteiger partial charge on any atom is 0.336 e. The third kappa shape index (κ3) is 5.06. The topological polar surface area (TPSA) is 128 Å². The number of hydrazine groups is 1. The summed E-state index contributed by atoms with van der Waals surface area (Å²) in [5, 5.41) is 9.96. The number of carbonyl (C=O) groups excluding carboxylic acids is 2. The maximum atomic E-state index is 13.4. The van der Waals surface area contributed by atoms with Gasteiger partial charge in [-0.1, -0.05) is 12.1 Å². The smallest absolute Gasteiger partial charge is 0.336 e. The second-order valence-corrected chi connectivity index (χ2v) is 10.9. The van der Waals surface area contributed by atoms with E-state index in [2.05, 4.69) is 0 Å². The van der Waals surface area contributed by atoms with Crippen LogP contribution in [-0.4, -0.2) is 55.0 Å². The number of aromatic carboxylic acids is 1. The highest BCUT2D eigenvalue weighted by molar-refractivity contribution is 6.13. The van der Waals surface area contributed by atoms with E-state index in [1.54, 1.807) is 19.2 Å². The van der Waals surface area contributed by atoms with Gasteiger partial charge in [-0.05, 0) is 92.0 Å². The fraction of sp³-hybridized carbons (Fsp3) is 0.483. The molecule has 2 aromatic rings. The van der Waals surface area contributed by atoms with Crippen molar-refractivity contribution in [2.24, 2.45) is 23.6 Å². The monoisotopic (exact) mass is 522 g/mol. The van der Waals surface area contributed by atoms with Crippen LogP contribution in [0.15, 0.2) is 42.5 Å². The number of hydrogen-bond donors (Lipinski definition) is 2. The summed E-state index contributed by atoms with van der Waals surface area (Å²) in [6.45, 7) is 0.926. The number of methoxy groups -OCH3 is 1. The number of carboxylic acid groups (broad SMARTS) is 1. The summed E-state index contributed by atoms with van der Waals surface area (Å²) < 4.78 is 16.6. The van der Waals surface area contributed by atoms with Gasteiger partial charge in [-0.25, -0.2) is 15.6 Å². The molecule has 0 radical (unpaired) electrons. The summed E-state index contributed by atoms with van der Waals surface area (Å²) >= 11 is 0. The van der Waals surface area contributed by atoms with Crippen molar-refractivity contribution in [1.29, 1.82) is 0 Å². The van der Waals surface area contributed by atoms with Gasteiger partial charge in [0.15, 0.2) is 6.79 Å². The van der Waals surface area contributed by atoms with Crippen molar-refractivity contribution in [2.45, 2.75) is 43.9 Å². The minimum Gasteiger partial charge on any atom is -0.478 e. The predicted molar refractivity (Wildman–Crippen MR) is 138 cm³/mol. The number of carboxylic acids is 1. The molecule has 4 bridgehead atoms. The standard InChI is InChI=1S/C29H34N2O7/c1-36-8-9-37-17-38-25-7-6-21(13-24(25)29-14-18-10-19(15-29)12-20(11-18)16-29)26(32)31(30)27(33)22-4-2-3-5-23(22)28(34)35/h2-7,13,18-20H,8-12,14-17,30H2,1H3,(H,34,35). The van der Waals surface area contributed by atoms with Gasteiger partial charge in [0.2, 0.25) is 0 Å². The highest BCUT2D eigenvalue weighted by Gasteiger charge is 2.52. The van der Waals surface area contributed by atoms with Gasteiger partial charge in [0.25, 0.3) is 11.8 Å². The van der Waals surface area contributed by atoms with Crippen LogP contribution in [0.3, 0.4) is 0 Å². The molecule has 0 aliphatic heterocycles. The first-order valence-corrected chi connectivity index (χ1v) is 13.1. The number of nitrogens with zero attached hydrogens (tertiary/aromatic N) is 1. The van der Waals surface area contributed by atoms with E-state index in [-0.39, 0.29) is 28.9 Å². The molecule has 0 unspecified atom stereocenters. The Morgan fingerprint density at radius 2 is 1.58 bits per heavy atom. The summed E-state index contributed by atoms with van der Waals surface area (Å²) in [6, 6.07) is 10.9. The molecule has 4 saturated carbocycles. The van der Waals surface area contributed by atoms with Gasteiger partial charge in [-0.2, -0.15) is 0 Å². The molecule has 2 aromatic carbocycles. The number of hydrogen-bond acceptors (Lipinski definition) is 7. The van der Waals surface area contributed by atoms with E-state index in [1.807, 2.05) is 6.07 Å². The van der Waals surface area contributed by atoms with Crippen LogP contribution in [0.5, 0.6) is 5.75 Å². The molecule has 38 heavy (non-hydrogen) atoms. The lowest BCUT2D eigenvalue weighted by Crippen LogP contribution is -2.49. The van der Waals surface area contributed by atoms with Gasteiger partial charge in [-0.3, -0.25) is 9.59 Å². The van der Waals surface area contributed by atoms with Gasteiger partial charge in [0.1, 0.15) is 5.75 Å². The molecule has 4 aliphatic rings. The first-order chi connectivity index (χ1) is 18.3. The van der Waals surface area contributed by atoms with Crippen LogP contribution in [0.2, 0.25) is 0 Å². The average Bonchev–Trinajstić information content (AvgIpc) is 2.91. The molecule has 0 aromatic heterocycles. The Balaban J connectivity index is 1.44. The molecule has 6 rings (SSSR count). The number of imide groups is 1. The van der Waals surface area contributed by atoms with Crippen molar-refractivity contribution in [1.82, 2.24) is 5.01 Å². The quantitative estimate of drug-likeness (QED) is 0.120. The third-order valence-corrected chi connectivity index (χ3v) is 8.39. The summed E-state index contributed by atoms with van der Waals surface area (Å²) in [6.07, 6.45) is 6.95. The Labute approximate surface area is 221 Å². The molecule has 0 saturated heterocycles. The molecule has 2 amide bonds. The molecule has 9 heteroatoms. The van der Waals surface area contributed by atoms with Gasteiger partial charge in [-0.15, -0.1) is 0 Å². The van der Waals surface area contributed by atoms with E-state index in [1.165, 1.54) is 43.5 Å². The van der Waals surface area contributed by atoms with Gasteiger partial charge in [0, 0.05) is 18.2 Å². The van der Waals surface area contributed by atoms with E-state index < -0.39 is 17.8 Å². The summed E-state index contributed by atoms with van der Waals surface area (Å²) in [7, 11) is 1.61. The number of benzene rings is 2. The third-order valence-electron chi connectivity index (χ3n) is 8.39. The van der Waals surface area contributed by atoms with E-state index in [0.29, 0.717) is 41.7 Å². The molecular formula is C29H34N2O7. The van der Waals surface area contributed by atoms with Crippen molar-refractivity contribution in [3.05, 3.63) is 64.7 Å². The molecule has 0 heterocycles. The molecule has 202 valence electrons.